The Balaban J connectivity index is 1.86. The number of hydrogen-bond acceptors (Lipinski definition) is 3. The summed E-state index contributed by atoms with van der Waals surface area (Å²) in [6, 6.07) is 15.6. The Morgan fingerprint density at radius 2 is 1.79 bits per heavy atom. The van der Waals surface area contributed by atoms with E-state index in [1.807, 2.05) is 62.4 Å². The summed E-state index contributed by atoms with van der Waals surface area (Å²) in [4.78, 5) is 18.7. The quantitative estimate of drug-likeness (QED) is 0.726. The van der Waals surface area contributed by atoms with Crippen LogP contribution in [0.25, 0.3) is 0 Å². The first-order chi connectivity index (χ1) is 11.6. The van der Waals surface area contributed by atoms with Crippen LogP contribution in [-0.4, -0.2) is 20.7 Å². The van der Waals surface area contributed by atoms with Crippen molar-refractivity contribution in [3.8, 4) is 0 Å². The molecule has 3 rings (SSSR count). The summed E-state index contributed by atoms with van der Waals surface area (Å²) in [5.74, 6) is -0.00347. The highest BCUT2D eigenvalue weighted by atomic mass is 16.2. The molecule has 0 aliphatic carbocycles. The van der Waals surface area contributed by atoms with E-state index in [0.717, 1.165) is 22.6 Å². The lowest BCUT2D eigenvalue weighted by atomic mass is 10.2. The number of anilines is 1. The van der Waals surface area contributed by atoms with Crippen molar-refractivity contribution in [2.24, 2.45) is 0 Å². The van der Waals surface area contributed by atoms with Crippen LogP contribution in [0.15, 0.2) is 60.9 Å². The summed E-state index contributed by atoms with van der Waals surface area (Å²) in [7, 11) is 0. The molecule has 0 unspecified atom stereocenters. The molecule has 122 valence electrons. The van der Waals surface area contributed by atoms with Crippen molar-refractivity contribution in [1.29, 1.82) is 0 Å². The topological polar surface area (TPSA) is 51.0 Å². The number of hydrogen-bond donors (Lipinski definition) is 0. The lowest BCUT2D eigenvalue weighted by molar-refractivity contribution is -0.119. The van der Waals surface area contributed by atoms with Crippen LogP contribution < -0.4 is 4.90 Å². The van der Waals surface area contributed by atoms with Crippen LogP contribution in [0.1, 0.15) is 17.0 Å². The fraction of sp³-hybridized carbons (Fsp3) is 0.211. The Bertz CT molecular complexity index is 812. The van der Waals surface area contributed by atoms with E-state index in [-0.39, 0.29) is 12.5 Å². The van der Waals surface area contributed by atoms with Crippen molar-refractivity contribution < 1.29 is 4.79 Å². The van der Waals surface area contributed by atoms with Crippen LogP contribution in [0.5, 0.6) is 0 Å². The third-order valence-corrected chi connectivity index (χ3v) is 3.85. The van der Waals surface area contributed by atoms with Crippen LogP contribution >= 0.6 is 0 Å². The zero-order valence-corrected chi connectivity index (χ0v) is 13.9. The molecule has 0 spiro atoms. The Morgan fingerprint density at radius 1 is 1.08 bits per heavy atom. The standard InChI is InChI=1S/C19H20N4O/c1-15-12-16(2)23(21-15)14-19(24)22(18-8-10-20-11-9-18)13-17-6-4-3-5-7-17/h3-12H,13-14H2,1-2H3. The molecule has 5 nitrogen and oxygen atoms in total. The fourth-order valence-electron chi connectivity index (χ4n) is 2.66. The van der Waals surface area contributed by atoms with Gasteiger partial charge in [-0.3, -0.25) is 14.5 Å². The van der Waals surface area contributed by atoms with Gasteiger partial charge in [-0.05, 0) is 37.6 Å². The highest BCUT2D eigenvalue weighted by molar-refractivity contribution is 5.93. The Labute approximate surface area is 141 Å². The molecule has 0 radical (unpaired) electrons. The van der Waals surface area contributed by atoms with Gasteiger partial charge in [-0.2, -0.15) is 5.10 Å². The number of amides is 1. The van der Waals surface area contributed by atoms with Gasteiger partial charge in [-0.25, -0.2) is 0 Å². The number of carbonyl (C=O) groups is 1. The molecule has 1 aromatic carbocycles. The van der Waals surface area contributed by atoms with Gasteiger partial charge in [0, 0.05) is 23.8 Å². The van der Waals surface area contributed by atoms with Gasteiger partial charge >= 0.3 is 0 Å². The highest BCUT2D eigenvalue weighted by Crippen LogP contribution is 2.17. The third kappa shape index (κ3) is 3.68. The van der Waals surface area contributed by atoms with Gasteiger partial charge in [0.15, 0.2) is 0 Å². The van der Waals surface area contributed by atoms with Gasteiger partial charge in [0.1, 0.15) is 6.54 Å². The van der Waals surface area contributed by atoms with E-state index >= 15 is 0 Å². The molecule has 0 aliphatic heterocycles. The molecule has 5 heteroatoms. The third-order valence-electron chi connectivity index (χ3n) is 3.85. The number of rotatable bonds is 5. The predicted molar refractivity (Wildman–Crippen MR) is 93.6 cm³/mol. The highest BCUT2D eigenvalue weighted by Gasteiger charge is 2.18. The van der Waals surface area contributed by atoms with Crippen LogP contribution in [-0.2, 0) is 17.9 Å². The van der Waals surface area contributed by atoms with Gasteiger partial charge in [0.05, 0.1) is 12.2 Å². The van der Waals surface area contributed by atoms with E-state index in [0.29, 0.717) is 6.54 Å². The molecule has 24 heavy (non-hydrogen) atoms. The SMILES string of the molecule is Cc1cc(C)n(CC(=O)N(Cc2ccccc2)c2ccncc2)n1. The van der Waals surface area contributed by atoms with Crippen LogP contribution in [0, 0.1) is 13.8 Å². The minimum absolute atomic E-state index is 0.00347. The maximum absolute atomic E-state index is 12.9. The van der Waals surface area contributed by atoms with Crippen molar-refractivity contribution in [3.05, 3.63) is 77.9 Å². The Morgan fingerprint density at radius 3 is 2.42 bits per heavy atom. The molecule has 0 N–H and O–H groups in total. The molecule has 0 saturated heterocycles. The molecule has 0 saturated carbocycles. The number of benzene rings is 1. The fourth-order valence-corrected chi connectivity index (χ4v) is 2.66. The summed E-state index contributed by atoms with van der Waals surface area (Å²) >= 11 is 0. The monoisotopic (exact) mass is 320 g/mol. The minimum Gasteiger partial charge on any atom is -0.306 e. The maximum Gasteiger partial charge on any atom is 0.249 e. The number of nitrogens with zero attached hydrogens (tertiary/aromatic N) is 4. The largest absolute Gasteiger partial charge is 0.306 e. The molecule has 2 aromatic heterocycles. The molecule has 0 aliphatic rings. The summed E-state index contributed by atoms with van der Waals surface area (Å²) < 4.78 is 1.75. The van der Waals surface area contributed by atoms with Crippen molar-refractivity contribution >= 4 is 11.6 Å². The zero-order chi connectivity index (χ0) is 16.9. The second-order valence-corrected chi connectivity index (χ2v) is 5.76. The first-order valence-electron chi connectivity index (χ1n) is 7.89. The van der Waals surface area contributed by atoms with Crippen LogP contribution in [0.4, 0.5) is 5.69 Å². The lowest BCUT2D eigenvalue weighted by Crippen LogP contribution is -2.34. The van der Waals surface area contributed by atoms with Crippen LogP contribution in [0.3, 0.4) is 0 Å². The summed E-state index contributed by atoms with van der Waals surface area (Å²) in [6.07, 6.45) is 3.40. The van der Waals surface area contributed by atoms with Gasteiger partial charge in [0.25, 0.3) is 0 Å². The second kappa shape index (κ2) is 7.08. The Kier molecular flexibility index (Phi) is 4.70. The number of carbonyl (C=O) groups excluding carboxylic acids is 1. The minimum atomic E-state index is -0.00347. The van der Waals surface area contributed by atoms with Gasteiger partial charge in [-0.1, -0.05) is 30.3 Å². The summed E-state index contributed by atoms with van der Waals surface area (Å²) in [6.45, 7) is 4.62. The van der Waals surface area contributed by atoms with Crippen molar-refractivity contribution in [3.63, 3.8) is 0 Å². The molecular formula is C19H20N4O. The first kappa shape index (κ1) is 15.9. The molecule has 2 heterocycles. The predicted octanol–water partition coefficient (Wildman–Crippen LogP) is 3.13. The van der Waals surface area contributed by atoms with E-state index in [4.69, 9.17) is 0 Å². The Hall–Kier alpha value is -2.95. The van der Waals surface area contributed by atoms with E-state index < -0.39 is 0 Å². The number of aryl methyl sites for hydroxylation is 2. The van der Waals surface area contributed by atoms with Gasteiger partial charge in [-0.15, -0.1) is 0 Å². The van der Waals surface area contributed by atoms with Crippen molar-refractivity contribution in [2.45, 2.75) is 26.9 Å². The average Bonchev–Trinajstić information content (AvgIpc) is 2.91. The normalized spacial score (nSPS) is 10.6. The molecule has 0 atom stereocenters. The zero-order valence-electron chi connectivity index (χ0n) is 13.9. The molecule has 3 aromatic rings. The van der Waals surface area contributed by atoms with Gasteiger partial charge in [0.2, 0.25) is 5.91 Å². The summed E-state index contributed by atoms with van der Waals surface area (Å²) in [5.41, 5.74) is 3.81. The van der Waals surface area contributed by atoms with Crippen LogP contribution in [0.2, 0.25) is 0 Å². The smallest absolute Gasteiger partial charge is 0.249 e. The molecule has 0 fully saturated rings. The lowest BCUT2D eigenvalue weighted by Gasteiger charge is -2.23. The van der Waals surface area contributed by atoms with E-state index in [1.54, 1.807) is 22.0 Å². The second-order valence-electron chi connectivity index (χ2n) is 5.76. The van der Waals surface area contributed by atoms with E-state index in [1.165, 1.54) is 0 Å². The van der Waals surface area contributed by atoms with Gasteiger partial charge < -0.3 is 4.90 Å². The molecular weight excluding hydrogens is 300 g/mol. The molecule has 1 amide bonds. The van der Waals surface area contributed by atoms with E-state index in [2.05, 4.69) is 10.1 Å². The van der Waals surface area contributed by atoms with Crippen molar-refractivity contribution in [1.82, 2.24) is 14.8 Å². The first-order valence-corrected chi connectivity index (χ1v) is 7.89. The number of aromatic nitrogens is 3. The van der Waals surface area contributed by atoms with Crippen molar-refractivity contribution in [2.75, 3.05) is 4.90 Å². The maximum atomic E-state index is 12.9. The number of pyridine rings is 1. The summed E-state index contributed by atoms with van der Waals surface area (Å²) in [5, 5.41) is 4.39. The average molecular weight is 320 g/mol. The van der Waals surface area contributed by atoms with E-state index in [9.17, 15) is 4.79 Å². The molecule has 0 bridgehead atoms.